The number of rotatable bonds is 69. The zero-order valence-electron chi connectivity index (χ0n) is 58.2. The second-order valence-corrected chi connectivity index (χ2v) is 27.4. The van der Waals surface area contributed by atoms with Crippen LogP contribution in [0.3, 0.4) is 0 Å². The van der Waals surface area contributed by atoms with E-state index < -0.39 is 97.5 Å². The van der Waals surface area contributed by atoms with E-state index in [1.807, 2.05) is 0 Å². The summed E-state index contributed by atoms with van der Waals surface area (Å²) >= 11 is 0. The van der Waals surface area contributed by atoms with Crippen LogP contribution in [0.15, 0.2) is 60.8 Å². The lowest BCUT2D eigenvalue weighted by Gasteiger charge is -2.21. The predicted octanol–water partition coefficient (Wildman–Crippen LogP) is 20.3. The van der Waals surface area contributed by atoms with Gasteiger partial charge in [0.15, 0.2) is 12.2 Å². The van der Waals surface area contributed by atoms with Crippen molar-refractivity contribution in [1.82, 2.24) is 0 Å². The van der Waals surface area contributed by atoms with Gasteiger partial charge in [0, 0.05) is 25.7 Å². The maximum absolute atomic E-state index is 13.0. The molecule has 0 saturated heterocycles. The number of carbonyl (C=O) groups is 4. The number of hydrogen-bond donors (Lipinski definition) is 3. The molecule has 0 aromatic heterocycles. The maximum atomic E-state index is 13.0. The first-order valence-corrected chi connectivity index (χ1v) is 39.5. The number of allylic oxidation sites excluding steroid dienone is 10. The number of hydrogen-bond acceptors (Lipinski definition) is 15. The van der Waals surface area contributed by atoms with E-state index in [-0.39, 0.29) is 25.7 Å². The Balaban J connectivity index is 5.30. The second kappa shape index (κ2) is 66.4. The standard InChI is InChI=1S/C73H132O17P2/c1-5-9-13-17-21-25-29-32-33-36-39-42-46-50-54-58-71(76)84-63-68(89-72(77)59-55-51-47-43-37-28-24-20-16-12-8-4)65-87-91(79,80)85-61-67(74)62-86-92(81,82)88-66-69(90-73(78)60-56-52-48-44-40-35-31-27-23-19-15-11-7-3)64-83-70(75)57-53-49-45-41-38-34-30-26-22-18-14-10-6-2/h9,13-14,18,21,25-26,30,32-33,67-69,74H,5-8,10-12,15-17,19-20,22-24,27-29,31,34-66H2,1-4H3,(H,79,80)(H,81,82)/b13-9-,18-14-,25-21-,30-26-,33-32-. The van der Waals surface area contributed by atoms with E-state index in [0.29, 0.717) is 25.7 Å². The predicted molar refractivity (Wildman–Crippen MR) is 372 cm³/mol. The third-order valence-corrected chi connectivity index (χ3v) is 17.4. The molecule has 0 fully saturated rings. The summed E-state index contributed by atoms with van der Waals surface area (Å²) in [5.41, 5.74) is 0. The number of carbonyl (C=O) groups excluding carboxylic acids is 4. The van der Waals surface area contributed by atoms with Gasteiger partial charge in [0.2, 0.25) is 0 Å². The lowest BCUT2D eigenvalue weighted by molar-refractivity contribution is -0.161. The molecule has 0 aromatic carbocycles. The van der Waals surface area contributed by atoms with Crippen molar-refractivity contribution in [3.63, 3.8) is 0 Å². The molecule has 0 aliphatic carbocycles. The van der Waals surface area contributed by atoms with Gasteiger partial charge in [0.25, 0.3) is 0 Å². The number of ether oxygens (including phenoxy) is 4. The molecule has 0 amide bonds. The number of phosphoric acid groups is 2. The van der Waals surface area contributed by atoms with E-state index in [4.69, 9.17) is 37.0 Å². The zero-order chi connectivity index (χ0) is 67.5. The lowest BCUT2D eigenvalue weighted by atomic mass is 10.0. The van der Waals surface area contributed by atoms with E-state index >= 15 is 0 Å². The van der Waals surface area contributed by atoms with E-state index in [9.17, 15) is 43.2 Å². The Hall–Kier alpha value is -3.24. The minimum atomic E-state index is -4.96. The molecule has 0 aliphatic heterocycles. The van der Waals surface area contributed by atoms with Crippen molar-refractivity contribution >= 4 is 39.5 Å². The van der Waals surface area contributed by atoms with Crippen LogP contribution in [0.4, 0.5) is 0 Å². The van der Waals surface area contributed by atoms with Gasteiger partial charge in [-0.15, -0.1) is 0 Å². The molecular weight excluding hydrogens is 1210 g/mol. The number of unbranched alkanes of at least 4 members (excludes halogenated alkanes) is 33. The number of esters is 4. The van der Waals surface area contributed by atoms with E-state index in [2.05, 4.69) is 88.5 Å². The molecule has 19 heteroatoms. The Kier molecular flexibility index (Phi) is 64.0. The van der Waals surface area contributed by atoms with Crippen molar-refractivity contribution in [3.8, 4) is 0 Å². The SMILES string of the molecule is CC/C=C\C/C=C\C/C=C\CCCCCCCC(=O)OCC(COP(=O)(O)OCC(O)COP(=O)(O)OCC(COC(=O)CCCCCCC/C=C\C/C=C\CCC)OC(=O)CCCCCCCCCCCCCCC)OC(=O)CCCCCCCCCCCCC. The van der Waals surface area contributed by atoms with Crippen molar-refractivity contribution in [2.24, 2.45) is 0 Å². The van der Waals surface area contributed by atoms with Gasteiger partial charge in [0.05, 0.1) is 26.4 Å². The molecular formula is C73H132O17P2. The van der Waals surface area contributed by atoms with Gasteiger partial charge in [-0.2, -0.15) is 0 Å². The first kappa shape index (κ1) is 88.8. The van der Waals surface area contributed by atoms with Gasteiger partial charge in [-0.25, -0.2) is 9.13 Å². The molecule has 536 valence electrons. The summed E-state index contributed by atoms with van der Waals surface area (Å²) in [5, 5.41) is 10.6. The first-order chi connectivity index (χ1) is 44.7. The minimum absolute atomic E-state index is 0.0963. The third-order valence-electron chi connectivity index (χ3n) is 15.5. The number of aliphatic hydroxyl groups excluding tert-OH is 1. The van der Waals surface area contributed by atoms with E-state index in [1.165, 1.54) is 89.9 Å². The van der Waals surface area contributed by atoms with Crippen LogP contribution in [0.2, 0.25) is 0 Å². The van der Waals surface area contributed by atoms with Gasteiger partial charge in [0.1, 0.15) is 19.3 Å². The van der Waals surface area contributed by atoms with Crippen LogP contribution in [0.1, 0.15) is 323 Å². The maximum Gasteiger partial charge on any atom is 0.472 e. The Morgan fingerprint density at radius 2 is 0.587 bits per heavy atom. The van der Waals surface area contributed by atoms with E-state index in [1.54, 1.807) is 0 Å². The first-order valence-electron chi connectivity index (χ1n) is 36.5. The topological polar surface area (TPSA) is 237 Å². The normalized spacial score (nSPS) is 14.4. The molecule has 0 aliphatic rings. The van der Waals surface area contributed by atoms with Gasteiger partial charge >= 0.3 is 39.5 Å². The molecule has 0 radical (unpaired) electrons. The molecule has 5 unspecified atom stereocenters. The largest absolute Gasteiger partial charge is 0.472 e. The zero-order valence-corrected chi connectivity index (χ0v) is 60.0. The van der Waals surface area contributed by atoms with E-state index in [0.717, 1.165) is 154 Å². The molecule has 3 N–H and O–H groups in total. The third kappa shape index (κ3) is 65.4. The van der Waals surface area contributed by atoms with Crippen LogP contribution >= 0.6 is 15.6 Å². The Bertz CT molecular complexity index is 1990. The summed E-state index contributed by atoms with van der Waals surface area (Å²) in [7, 11) is -9.93. The highest BCUT2D eigenvalue weighted by Crippen LogP contribution is 2.45. The Labute approximate surface area is 559 Å². The van der Waals surface area contributed by atoms with Crippen LogP contribution in [0.5, 0.6) is 0 Å². The highest BCUT2D eigenvalue weighted by molar-refractivity contribution is 7.47. The van der Waals surface area contributed by atoms with Crippen LogP contribution < -0.4 is 0 Å². The van der Waals surface area contributed by atoms with Crippen molar-refractivity contribution in [3.05, 3.63) is 60.8 Å². The average molecular weight is 1340 g/mol. The van der Waals surface area contributed by atoms with Crippen LogP contribution in [-0.4, -0.2) is 96.7 Å². The molecule has 0 rings (SSSR count). The quantitative estimate of drug-likeness (QED) is 0.0169. The second-order valence-electron chi connectivity index (χ2n) is 24.5. The van der Waals surface area contributed by atoms with Gasteiger partial charge in [-0.1, -0.05) is 275 Å². The molecule has 5 atom stereocenters. The molecule has 17 nitrogen and oxygen atoms in total. The molecule has 0 bridgehead atoms. The summed E-state index contributed by atoms with van der Waals surface area (Å²) in [5.74, 6) is -2.18. The smallest absolute Gasteiger partial charge is 0.462 e. The number of phosphoric ester groups is 2. The molecule has 92 heavy (non-hydrogen) atoms. The Morgan fingerprint density at radius 3 is 0.913 bits per heavy atom. The fraction of sp³-hybridized carbons (Fsp3) is 0.808. The molecule has 0 heterocycles. The molecule has 0 spiro atoms. The summed E-state index contributed by atoms with van der Waals surface area (Å²) in [4.78, 5) is 72.6. The van der Waals surface area contributed by atoms with Crippen molar-refractivity contribution in [1.29, 1.82) is 0 Å². The summed E-state index contributed by atoms with van der Waals surface area (Å²) in [6.45, 7) is 4.69. The van der Waals surface area contributed by atoms with Crippen molar-refractivity contribution in [2.45, 2.75) is 341 Å². The summed E-state index contributed by atoms with van der Waals surface area (Å²) < 4.78 is 68.3. The summed E-state index contributed by atoms with van der Waals surface area (Å²) in [6.07, 6.45) is 62.2. The number of aliphatic hydroxyl groups is 1. The average Bonchev–Trinajstić information content (AvgIpc) is 2.24. The Morgan fingerprint density at radius 1 is 0.315 bits per heavy atom. The summed E-state index contributed by atoms with van der Waals surface area (Å²) in [6, 6.07) is 0. The monoisotopic (exact) mass is 1340 g/mol. The van der Waals surface area contributed by atoms with Crippen LogP contribution in [0.25, 0.3) is 0 Å². The lowest BCUT2D eigenvalue weighted by Crippen LogP contribution is -2.30. The molecule has 0 saturated carbocycles. The highest BCUT2D eigenvalue weighted by atomic mass is 31.2. The van der Waals surface area contributed by atoms with Gasteiger partial charge < -0.3 is 33.8 Å². The fourth-order valence-electron chi connectivity index (χ4n) is 9.92. The van der Waals surface area contributed by atoms with Crippen molar-refractivity contribution in [2.75, 3.05) is 39.6 Å². The van der Waals surface area contributed by atoms with Gasteiger partial charge in [-0.3, -0.25) is 37.3 Å². The molecule has 0 aromatic rings. The minimum Gasteiger partial charge on any atom is -0.462 e. The van der Waals surface area contributed by atoms with Crippen LogP contribution in [-0.2, 0) is 65.4 Å². The van der Waals surface area contributed by atoms with Crippen molar-refractivity contribution < 1.29 is 80.2 Å². The van der Waals surface area contributed by atoms with Gasteiger partial charge in [-0.05, 0) is 83.5 Å². The fourth-order valence-corrected chi connectivity index (χ4v) is 11.5. The van der Waals surface area contributed by atoms with Crippen LogP contribution in [0, 0.1) is 0 Å². The highest BCUT2D eigenvalue weighted by Gasteiger charge is 2.30.